The zero-order chi connectivity index (χ0) is 24.9. The molecule has 0 aromatic heterocycles. The average Bonchev–Trinajstić information content (AvgIpc) is 2.76. The SMILES string of the molecule is CCCCCC(O)c1ccc(O)c2c1C[C@H]1C[C@H]3CC(O)=C(C(N)=O)C(=O)[C@@]3(O)C(O)=C1C2=O. The Morgan fingerprint density at radius 2 is 1.88 bits per heavy atom. The van der Waals surface area contributed by atoms with Crippen LogP contribution in [0, 0.1) is 11.8 Å². The Morgan fingerprint density at radius 3 is 2.53 bits per heavy atom. The summed E-state index contributed by atoms with van der Waals surface area (Å²) in [5, 5.41) is 53.8. The summed E-state index contributed by atoms with van der Waals surface area (Å²) in [5.74, 6) is -6.62. The Labute approximate surface area is 196 Å². The fourth-order valence-electron chi connectivity index (χ4n) is 5.70. The zero-order valence-electron chi connectivity index (χ0n) is 18.9. The van der Waals surface area contributed by atoms with Crippen LogP contribution in [0.15, 0.2) is 34.8 Å². The molecule has 1 unspecified atom stereocenters. The first-order chi connectivity index (χ1) is 16.0. The second-order valence-corrected chi connectivity index (χ2v) is 9.45. The van der Waals surface area contributed by atoms with Gasteiger partial charge in [-0.3, -0.25) is 14.4 Å². The predicted octanol–water partition coefficient (Wildman–Crippen LogP) is 2.19. The van der Waals surface area contributed by atoms with Crippen LogP contribution in [-0.2, 0) is 16.0 Å². The number of aliphatic hydroxyl groups excluding tert-OH is 3. The van der Waals surface area contributed by atoms with Gasteiger partial charge in [0, 0.05) is 17.9 Å². The molecule has 0 saturated heterocycles. The van der Waals surface area contributed by atoms with E-state index in [4.69, 9.17) is 5.73 Å². The summed E-state index contributed by atoms with van der Waals surface area (Å²) in [6, 6.07) is 2.90. The maximum atomic E-state index is 13.5. The van der Waals surface area contributed by atoms with Crippen molar-refractivity contribution in [3.63, 3.8) is 0 Å². The van der Waals surface area contributed by atoms with E-state index in [1.54, 1.807) is 6.07 Å². The summed E-state index contributed by atoms with van der Waals surface area (Å²) in [5.41, 5.74) is 2.52. The molecule has 0 saturated carbocycles. The summed E-state index contributed by atoms with van der Waals surface area (Å²) in [7, 11) is 0. The first-order valence-corrected chi connectivity index (χ1v) is 11.5. The smallest absolute Gasteiger partial charge is 0.255 e. The highest BCUT2D eigenvalue weighted by atomic mass is 16.3. The van der Waals surface area contributed by atoms with Crippen LogP contribution in [0.4, 0.5) is 0 Å². The topological polar surface area (TPSA) is 178 Å². The van der Waals surface area contributed by atoms with Crippen LogP contribution < -0.4 is 5.73 Å². The van der Waals surface area contributed by atoms with Crippen molar-refractivity contribution >= 4 is 17.5 Å². The van der Waals surface area contributed by atoms with E-state index >= 15 is 0 Å². The summed E-state index contributed by atoms with van der Waals surface area (Å²) in [4.78, 5) is 38.1. The van der Waals surface area contributed by atoms with Crippen LogP contribution in [0.2, 0.25) is 0 Å². The minimum absolute atomic E-state index is 0.0595. The molecule has 7 N–H and O–H groups in total. The van der Waals surface area contributed by atoms with Crippen molar-refractivity contribution in [2.75, 3.05) is 0 Å². The third-order valence-electron chi connectivity index (χ3n) is 7.42. The van der Waals surface area contributed by atoms with Gasteiger partial charge in [0.1, 0.15) is 22.8 Å². The van der Waals surface area contributed by atoms with Gasteiger partial charge < -0.3 is 31.3 Å². The zero-order valence-corrected chi connectivity index (χ0v) is 18.9. The summed E-state index contributed by atoms with van der Waals surface area (Å²) in [6.45, 7) is 2.05. The van der Waals surface area contributed by atoms with Gasteiger partial charge in [-0.15, -0.1) is 0 Å². The molecule has 3 aliphatic carbocycles. The highest BCUT2D eigenvalue weighted by Crippen LogP contribution is 2.52. The molecule has 0 heterocycles. The lowest BCUT2D eigenvalue weighted by molar-refractivity contribution is -0.144. The molecule has 9 heteroatoms. The molecule has 0 fully saturated rings. The number of rotatable bonds is 6. The Bertz CT molecular complexity index is 1150. The number of ketones is 2. The van der Waals surface area contributed by atoms with E-state index in [0.29, 0.717) is 17.5 Å². The first kappa shape index (κ1) is 24.0. The Kier molecular flexibility index (Phi) is 6.03. The summed E-state index contributed by atoms with van der Waals surface area (Å²) < 4.78 is 0. The molecule has 0 radical (unpaired) electrons. The monoisotopic (exact) mass is 471 g/mol. The largest absolute Gasteiger partial charge is 0.511 e. The number of phenolic OH excluding ortho intramolecular Hbond substituents is 1. The molecule has 0 bridgehead atoms. The minimum atomic E-state index is -2.58. The molecule has 0 spiro atoms. The van der Waals surface area contributed by atoms with Gasteiger partial charge in [-0.1, -0.05) is 32.3 Å². The van der Waals surface area contributed by atoms with Crippen LogP contribution in [0.1, 0.15) is 73.0 Å². The van der Waals surface area contributed by atoms with Gasteiger partial charge in [-0.05, 0) is 42.4 Å². The van der Waals surface area contributed by atoms with Gasteiger partial charge in [-0.2, -0.15) is 0 Å². The lowest BCUT2D eigenvalue weighted by Gasteiger charge is -2.45. The van der Waals surface area contributed by atoms with E-state index in [-0.39, 0.29) is 36.1 Å². The number of carbonyl (C=O) groups excluding carboxylic acids is 3. The Morgan fingerprint density at radius 1 is 1.18 bits per heavy atom. The lowest BCUT2D eigenvalue weighted by Crippen LogP contribution is -2.57. The molecule has 1 aromatic rings. The highest BCUT2D eigenvalue weighted by molar-refractivity contribution is 6.24. The molecular formula is C25H29NO8. The number of allylic oxidation sites excluding steroid dienone is 2. The number of carbonyl (C=O) groups is 3. The normalized spacial score (nSPS) is 27.3. The number of aliphatic hydroxyl groups is 4. The number of aromatic hydroxyl groups is 1. The molecule has 34 heavy (non-hydrogen) atoms. The first-order valence-electron chi connectivity index (χ1n) is 11.5. The lowest BCUT2D eigenvalue weighted by atomic mass is 9.60. The van der Waals surface area contributed by atoms with Gasteiger partial charge in [0.25, 0.3) is 5.91 Å². The predicted molar refractivity (Wildman–Crippen MR) is 120 cm³/mol. The second-order valence-electron chi connectivity index (χ2n) is 9.45. The molecule has 1 amide bonds. The number of hydrogen-bond donors (Lipinski definition) is 6. The number of Topliss-reactive ketones (excluding diaryl/α,β-unsaturated/α-hetero) is 2. The Balaban J connectivity index is 1.81. The standard InChI is InChI=1S/C25H29NO8/c1-2-3-4-5-15(27)13-6-7-16(28)19-14(13)9-11-8-12-10-17(29)20(24(26)33)23(32)25(12,34)22(31)18(11)21(19)30/h6-7,11-12,15,27-29,31,34H,2-5,8-10H2,1H3,(H2,26,33)/t11-,12+,15?,25+/m1/s1. The van der Waals surface area contributed by atoms with Crippen molar-refractivity contribution in [3.05, 3.63) is 51.5 Å². The van der Waals surface area contributed by atoms with Gasteiger partial charge in [0.15, 0.2) is 11.4 Å². The van der Waals surface area contributed by atoms with Crippen molar-refractivity contribution in [2.45, 2.75) is 63.6 Å². The summed E-state index contributed by atoms with van der Waals surface area (Å²) >= 11 is 0. The Hall–Kier alpha value is -3.17. The van der Waals surface area contributed by atoms with Crippen molar-refractivity contribution in [2.24, 2.45) is 17.6 Å². The maximum Gasteiger partial charge on any atom is 0.255 e. The van der Waals surface area contributed by atoms with E-state index in [1.165, 1.54) is 6.07 Å². The van der Waals surface area contributed by atoms with Gasteiger partial charge in [0.2, 0.25) is 5.78 Å². The van der Waals surface area contributed by atoms with Gasteiger partial charge >= 0.3 is 0 Å². The van der Waals surface area contributed by atoms with Crippen molar-refractivity contribution in [3.8, 4) is 5.75 Å². The number of nitrogens with two attached hydrogens (primary N) is 1. The van der Waals surface area contributed by atoms with Gasteiger partial charge in [0.05, 0.1) is 11.7 Å². The summed E-state index contributed by atoms with van der Waals surface area (Å²) in [6.07, 6.45) is 2.34. The average molecular weight is 472 g/mol. The molecule has 3 aliphatic rings. The third-order valence-corrected chi connectivity index (χ3v) is 7.42. The number of fused-ring (bicyclic) bond motifs is 3. The second kappa shape index (κ2) is 8.56. The molecule has 1 aromatic carbocycles. The van der Waals surface area contributed by atoms with E-state index in [1.807, 2.05) is 6.92 Å². The molecule has 4 atom stereocenters. The van der Waals surface area contributed by atoms with Crippen LogP contribution in [0.3, 0.4) is 0 Å². The fourth-order valence-corrected chi connectivity index (χ4v) is 5.70. The molecule has 9 nitrogen and oxygen atoms in total. The number of benzene rings is 1. The van der Waals surface area contributed by atoms with E-state index in [9.17, 15) is 39.9 Å². The van der Waals surface area contributed by atoms with Gasteiger partial charge in [-0.25, -0.2) is 0 Å². The van der Waals surface area contributed by atoms with E-state index in [0.717, 1.165) is 19.3 Å². The number of phenols is 1. The van der Waals surface area contributed by atoms with E-state index < -0.39 is 58.1 Å². The van der Waals surface area contributed by atoms with Crippen molar-refractivity contribution < 1.29 is 39.9 Å². The van der Waals surface area contributed by atoms with Crippen molar-refractivity contribution in [1.82, 2.24) is 0 Å². The molecule has 4 rings (SSSR count). The van der Waals surface area contributed by atoms with E-state index in [2.05, 4.69) is 0 Å². The van der Waals surface area contributed by atoms with Crippen LogP contribution in [-0.4, -0.2) is 48.6 Å². The molecular weight excluding hydrogens is 442 g/mol. The molecule has 182 valence electrons. The quantitative estimate of drug-likeness (QED) is 0.270. The van der Waals surface area contributed by atoms with Crippen LogP contribution in [0.5, 0.6) is 5.75 Å². The van der Waals surface area contributed by atoms with Crippen LogP contribution >= 0.6 is 0 Å². The number of amides is 1. The number of hydrogen-bond acceptors (Lipinski definition) is 8. The van der Waals surface area contributed by atoms with Crippen LogP contribution in [0.25, 0.3) is 0 Å². The number of primary amides is 1. The minimum Gasteiger partial charge on any atom is -0.511 e. The third kappa shape index (κ3) is 3.42. The number of unbranched alkanes of at least 4 members (excludes halogenated alkanes) is 2. The maximum absolute atomic E-state index is 13.5. The fraction of sp³-hybridized carbons (Fsp3) is 0.480. The highest BCUT2D eigenvalue weighted by Gasteiger charge is 2.59. The van der Waals surface area contributed by atoms with Crippen molar-refractivity contribution in [1.29, 1.82) is 0 Å². The molecule has 0 aliphatic heterocycles.